The second-order valence-corrected chi connectivity index (χ2v) is 6.13. The number of aromatic nitrogens is 2. The largest absolute Gasteiger partial charge is 0.312 e. The number of rotatable bonds is 6. The molecular formula is C18H22N4O2. The maximum Gasteiger partial charge on any atom is 0.230 e. The molecule has 2 N–H and O–H groups in total. The molecule has 2 amide bonds. The van der Waals surface area contributed by atoms with Crippen molar-refractivity contribution >= 4 is 23.3 Å². The molecule has 2 heterocycles. The molecule has 1 unspecified atom stereocenters. The first-order valence-corrected chi connectivity index (χ1v) is 8.37. The minimum absolute atomic E-state index is 0.0129. The number of unbranched alkanes of at least 4 members (excludes halogenated alkanes) is 1. The number of anilines is 2. The maximum atomic E-state index is 12.3. The fourth-order valence-electron chi connectivity index (χ4n) is 2.92. The van der Waals surface area contributed by atoms with Crippen LogP contribution in [0.2, 0.25) is 0 Å². The van der Waals surface area contributed by atoms with Crippen molar-refractivity contribution in [3.8, 4) is 0 Å². The van der Waals surface area contributed by atoms with E-state index in [1.165, 1.54) is 12.0 Å². The van der Waals surface area contributed by atoms with Gasteiger partial charge in [0.05, 0.1) is 12.1 Å². The third-order valence-corrected chi connectivity index (χ3v) is 4.32. The van der Waals surface area contributed by atoms with Crippen LogP contribution in [-0.4, -0.2) is 28.6 Å². The molecule has 0 saturated carbocycles. The molecule has 3 rings (SSSR count). The summed E-state index contributed by atoms with van der Waals surface area (Å²) in [6.45, 7) is 2.58. The van der Waals surface area contributed by atoms with Crippen LogP contribution in [0, 0.1) is 5.92 Å². The van der Waals surface area contributed by atoms with Gasteiger partial charge in [0.25, 0.3) is 0 Å². The van der Waals surface area contributed by atoms with Gasteiger partial charge >= 0.3 is 0 Å². The summed E-state index contributed by atoms with van der Waals surface area (Å²) in [6, 6.07) is 9.75. The SMILES string of the molecule is CCCCc1ccc(N2CC(C(=O)Nc3ccn[nH]3)CC2=O)cc1. The molecule has 1 fully saturated rings. The summed E-state index contributed by atoms with van der Waals surface area (Å²) in [5.41, 5.74) is 2.14. The molecule has 1 saturated heterocycles. The number of aryl methyl sites for hydroxylation is 1. The third kappa shape index (κ3) is 3.64. The number of aromatic amines is 1. The van der Waals surface area contributed by atoms with Crippen molar-refractivity contribution in [2.45, 2.75) is 32.6 Å². The van der Waals surface area contributed by atoms with Crippen LogP contribution >= 0.6 is 0 Å². The maximum absolute atomic E-state index is 12.3. The second-order valence-electron chi connectivity index (χ2n) is 6.13. The zero-order valence-corrected chi connectivity index (χ0v) is 13.8. The fourth-order valence-corrected chi connectivity index (χ4v) is 2.92. The van der Waals surface area contributed by atoms with E-state index in [2.05, 4.69) is 34.6 Å². The minimum Gasteiger partial charge on any atom is -0.312 e. The Balaban J connectivity index is 1.63. The molecule has 1 aromatic carbocycles. The fraction of sp³-hybridized carbons (Fsp3) is 0.389. The zero-order valence-electron chi connectivity index (χ0n) is 13.8. The number of H-pyrrole nitrogens is 1. The van der Waals surface area contributed by atoms with E-state index in [-0.39, 0.29) is 24.2 Å². The number of nitrogens with one attached hydrogen (secondary N) is 2. The molecule has 24 heavy (non-hydrogen) atoms. The van der Waals surface area contributed by atoms with Crippen molar-refractivity contribution in [3.63, 3.8) is 0 Å². The van der Waals surface area contributed by atoms with E-state index in [1.807, 2.05) is 12.1 Å². The summed E-state index contributed by atoms with van der Waals surface area (Å²) in [6.07, 6.45) is 5.19. The average Bonchev–Trinajstić information content (AvgIpc) is 3.23. The molecule has 1 atom stereocenters. The van der Waals surface area contributed by atoms with E-state index in [0.717, 1.165) is 18.5 Å². The van der Waals surface area contributed by atoms with Crippen molar-refractivity contribution in [1.29, 1.82) is 0 Å². The normalized spacial score (nSPS) is 17.3. The monoisotopic (exact) mass is 326 g/mol. The predicted octanol–water partition coefficient (Wildman–Crippen LogP) is 2.74. The van der Waals surface area contributed by atoms with E-state index >= 15 is 0 Å². The van der Waals surface area contributed by atoms with Gasteiger partial charge in [-0.3, -0.25) is 14.7 Å². The van der Waals surface area contributed by atoms with Gasteiger partial charge < -0.3 is 10.2 Å². The first kappa shape index (κ1) is 16.2. The Morgan fingerprint density at radius 1 is 1.33 bits per heavy atom. The van der Waals surface area contributed by atoms with E-state index in [0.29, 0.717) is 12.4 Å². The standard InChI is InChI=1S/C18H22N4O2/c1-2-3-4-13-5-7-15(8-6-13)22-12-14(11-17(22)23)18(24)20-16-9-10-19-21-16/h5-10,14H,2-4,11-12H2,1H3,(H2,19,20,21,24). The Morgan fingerprint density at radius 2 is 2.12 bits per heavy atom. The van der Waals surface area contributed by atoms with Gasteiger partial charge in [0.1, 0.15) is 5.82 Å². The molecule has 1 aromatic heterocycles. The molecule has 0 spiro atoms. The molecule has 126 valence electrons. The van der Waals surface area contributed by atoms with Gasteiger partial charge in [0.2, 0.25) is 11.8 Å². The van der Waals surface area contributed by atoms with Gasteiger partial charge in [-0.2, -0.15) is 5.10 Å². The number of carbonyl (C=O) groups excluding carboxylic acids is 2. The van der Waals surface area contributed by atoms with Crippen LogP contribution < -0.4 is 10.2 Å². The van der Waals surface area contributed by atoms with Crippen LogP contribution in [0.1, 0.15) is 31.7 Å². The Morgan fingerprint density at radius 3 is 2.79 bits per heavy atom. The highest BCUT2D eigenvalue weighted by Gasteiger charge is 2.35. The van der Waals surface area contributed by atoms with Crippen molar-refractivity contribution in [1.82, 2.24) is 10.2 Å². The summed E-state index contributed by atoms with van der Waals surface area (Å²) < 4.78 is 0. The van der Waals surface area contributed by atoms with Crippen LogP contribution in [0.4, 0.5) is 11.5 Å². The molecule has 1 aliphatic rings. The van der Waals surface area contributed by atoms with E-state index in [4.69, 9.17) is 0 Å². The molecule has 0 bridgehead atoms. The Labute approximate surface area is 141 Å². The molecular weight excluding hydrogens is 304 g/mol. The smallest absolute Gasteiger partial charge is 0.230 e. The van der Waals surface area contributed by atoms with Crippen LogP contribution in [0.5, 0.6) is 0 Å². The number of nitrogens with zero attached hydrogens (tertiary/aromatic N) is 2. The zero-order chi connectivity index (χ0) is 16.9. The van der Waals surface area contributed by atoms with Crippen LogP contribution in [0.3, 0.4) is 0 Å². The summed E-state index contributed by atoms with van der Waals surface area (Å²) in [5, 5.41) is 9.23. The van der Waals surface area contributed by atoms with Gasteiger partial charge in [-0.1, -0.05) is 25.5 Å². The lowest BCUT2D eigenvalue weighted by atomic mass is 10.1. The number of hydrogen-bond donors (Lipinski definition) is 2. The quantitative estimate of drug-likeness (QED) is 0.857. The van der Waals surface area contributed by atoms with Crippen LogP contribution in [0.15, 0.2) is 36.5 Å². The second kappa shape index (κ2) is 7.29. The Hall–Kier alpha value is -2.63. The number of carbonyl (C=O) groups is 2. The van der Waals surface area contributed by atoms with E-state index in [9.17, 15) is 9.59 Å². The lowest BCUT2D eigenvalue weighted by Gasteiger charge is -2.17. The lowest BCUT2D eigenvalue weighted by Crippen LogP contribution is -2.28. The summed E-state index contributed by atoms with van der Waals surface area (Å²) >= 11 is 0. The van der Waals surface area contributed by atoms with Gasteiger partial charge in [-0.25, -0.2) is 0 Å². The highest BCUT2D eigenvalue weighted by Crippen LogP contribution is 2.26. The first-order chi connectivity index (χ1) is 11.7. The molecule has 6 nitrogen and oxygen atoms in total. The van der Waals surface area contributed by atoms with Gasteiger partial charge in [-0.05, 0) is 30.5 Å². The molecule has 6 heteroatoms. The highest BCUT2D eigenvalue weighted by molar-refractivity contribution is 6.03. The topological polar surface area (TPSA) is 78.1 Å². The van der Waals surface area contributed by atoms with Crippen LogP contribution in [-0.2, 0) is 16.0 Å². The Kier molecular flexibility index (Phi) is 4.93. The molecule has 2 aromatic rings. The van der Waals surface area contributed by atoms with E-state index in [1.54, 1.807) is 17.2 Å². The van der Waals surface area contributed by atoms with Crippen molar-refractivity contribution in [2.24, 2.45) is 5.92 Å². The highest BCUT2D eigenvalue weighted by atomic mass is 16.2. The minimum atomic E-state index is -0.347. The summed E-state index contributed by atoms with van der Waals surface area (Å²) in [7, 11) is 0. The summed E-state index contributed by atoms with van der Waals surface area (Å²) in [5.74, 6) is 0.0301. The van der Waals surface area contributed by atoms with Crippen molar-refractivity contribution in [2.75, 3.05) is 16.8 Å². The predicted molar refractivity (Wildman–Crippen MR) is 92.7 cm³/mol. The van der Waals surface area contributed by atoms with Gasteiger partial charge in [0, 0.05) is 24.7 Å². The number of benzene rings is 1. The van der Waals surface area contributed by atoms with Crippen LogP contribution in [0.25, 0.3) is 0 Å². The van der Waals surface area contributed by atoms with Gasteiger partial charge in [0.15, 0.2) is 0 Å². The van der Waals surface area contributed by atoms with Crippen molar-refractivity contribution in [3.05, 3.63) is 42.1 Å². The van der Waals surface area contributed by atoms with Crippen molar-refractivity contribution < 1.29 is 9.59 Å². The van der Waals surface area contributed by atoms with E-state index < -0.39 is 0 Å². The molecule has 1 aliphatic heterocycles. The summed E-state index contributed by atoms with van der Waals surface area (Å²) in [4.78, 5) is 26.2. The first-order valence-electron chi connectivity index (χ1n) is 8.37. The molecule has 0 aliphatic carbocycles. The third-order valence-electron chi connectivity index (χ3n) is 4.32. The lowest BCUT2D eigenvalue weighted by molar-refractivity contribution is -0.122. The van der Waals surface area contributed by atoms with Gasteiger partial charge in [-0.15, -0.1) is 0 Å². The number of amides is 2. The molecule has 0 radical (unpaired) electrons. The Bertz CT molecular complexity index is 694. The number of hydrogen-bond acceptors (Lipinski definition) is 3. The average molecular weight is 326 g/mol.